The molecule has 0 bridgehead atoms. The van der Waals surface area contributed by atoms with Gasteiger partial charge in [-0.15, -0.1) is 0 Å². The van der Waals surface area contributed by atoms with Crippen molar-refractivity contribution in [2.75, 3.05) is 13.7 Å². The van der Waals surface area contributed by atoms with Crippen molar-refractivity contribution in [1.82, 2.24) is 4.90 Å². The summed E-state index contributed by atoms with van der Waals surface area (Å²) in [5.41, 5.74) is 2.02. The van der Waals surface area contributed by atoms with E-state index >= 15 is 0 Å². The fraction of sp³-hybridized carbons (Fsp3) is 0.208. The van der Waals surface area contributed by atoms with Gasteiger partial charge in [-0.25, -0.2) is 0 Å². The van der Waals surface area contributed by atoms with Crippen LogP contribution in [-0.4, -0.2) is 30.4 Å². The number of imide groups is 1. The van der Waals surface area contributed by atoms with Crippen LogP contribution in [0.15, 0.2) is 53.1 Å². The van der Waals surface area contributed by atoms with Gasteiger partial charge in [0.1, 0.15) is 18.2 Å². The molecule has 0 fully saturated rings. The first-order valence-electron chi connectivity index (χ1n) is 9.74. The molecule has 1 aliphatic heterocycles. The average molecular weight is 471 g/mol. The van der Waals surface area contributed by atoms with Gasteiger partial charge in [0.2, 0.25) is 0 Å². The number of hydrogen-bond acceptors (Lipinski definition) is 5. The normalized spacial score (nSPS) is 15.2. The van der Waals surface area contributed by atoms with Crippen LogP contribution in [0, 0.1) is 11.3 Å². The minimum absolute atomic E-state index is 0.0375. The maximum atomic E-state index is 12.8. The van der Waals surface area contributed by atoms with Crippen LogP contribution in [0.2, 0.25) is 10.0 Å². The van der Waals surface area contributed by atoms with Crippen molar-refractivity contribution in [2.24, 2.45) is 0 Å². The van der Waals surface area contributed by atoms with Crippen LogP contribution in [-0.2, 0) is 16.2 Å². The van der Waals surface area contributed by atoms with E-state index in [0.717, 1.165) is 10.5 Å². The standard InChI is InChI=1S/C24H20Cl2N2O4/c1-4-28-23(29)18(14(2)19(12-27)24(28)30)9-15-5-8-21(22(10-15)31-3)32-13-16-6-7-17(25)11-20(16)26/h5-11H,4,13H2,1-3H3/b18-9+. The number of carbonyl (C=O) groups excluding carboxylic acids is 2. The largest absolute Gasteiger partial charge is 0.493 e. The fourth-order valence-corrected chi connectivity index (χ4v) is 3.73. The summed E-state index contributed by atoms with van der Waals surface area (Å²) in [6, 6.07) is 12.3. The van der Waals surface area contributed by atoms with Crippen molar-refractivity contribution in [3.63, 3.8) is 0 Å². The Morgan fingerprint density at radius 3 is 2.47 bits per heavy atom. The quantitative estimate of drug-likeness (QED) is 0.428. The molecule has 0 aromatic heterocycles. The highest BCUT2D eigenvalue weighted by Gasteiger charge is 2.34. The Labute approximate surface area is 196 Å². The molecule has 1 aliphatic rings. The maximum Gasteiger partial charge on any atom is 0.271 e. The number of benzene rings is 2. The Kier molecular flexibility index (Phi) is 7.24. The zero-order chi connectivity index (χ0) is 23.4. The van der Waals surface area contributed by atoms with Gasteiger partial charge >= 0.3 is 0 Å². The SMILES string of the molecule is CCN1C(=O)C(C#N)=C(C)/C(=C\c2ccc(OCc3ccc(Cl)cc3Cl)c(OC)c2)C1=O. The number of amides is 2. The fourth-order valence-electron chi connectivity index (χ4n) is 3.27. The number of carbonyl (C=O) groups is 2. The van der Waals surface area contributed by atoms with Crippen LogP contribution in [0.5, 0.6) is 11.5 Å². The highest BCUT2D eigenvalue weighted by molar-refractivity contribution is 6.35. The second-order valence-electron chi connectivity index (χ2n) is 6.96. The molecule has 0 N–H and O–H groups in total. The highest BCUT2D eigenvalue weighted by Crippen LogP contribution is 2.32. The van der Waals surface area contributed by atoms with Crippen molar-refractivity contribution >= 4 is 41.1 Å². The molecule has 0 atom stereocenters. The van der Waals surface area contributed by atoms with Crippen LogP contribution in [0.3, 0.4) is 0 Å². The van der Waals surface area contributed by atoms with Gasteiger partial charge < -0.3 is 9.47 Å². The number of nitrogens with zero attached hydrogens (tertiary/aromatic N) is 2. The molecular weight excluding hydrogens is 451 g/mol. The van der Waals surface area contributed by atoms with Crippen molar-refractivity contribution in [1.29, 1.82) is 5.26 Å². The highest BCUT2D eigenvalue weighted by atomic mass is 35.5. The van der Waals surface area contributed by atoms with Crippen molar-refractivity contribution in [2.45, 2.75) is 20.5 Å². The van der Waals surface area contributed by atoms with Gasteiger partial charge in [-0.05, 0) is 55.3 Å². The van der Waals surface area contributed by atoms with E-state index in [0.29, 0.717) is 32.7 Å². The number of hydrogen-bond donors (Lipinski definition) is 0. The lowest BCUT2D eigenvalue weighted by molar-refractivity contribution is -0.140. The number of ether oxygens (including phenoxy) is 2. The molecule has 1 heterocycles. The molecule has 0 spiro atoms. The van der Waals surface area contributed by atoms with Gasteiger partial charge in [0.25, 0.3) is 11.8 Å². The van der Waals surface area contributed by atoms with Crippen LogP contribution in [0.25, 0.3) is 6.08 Å². The minimum atomic E-state index is -0.572. The zero-order valence-electron chi connectivity index (χ0n) is 17.7. The molecule has 0 radical (unpaired) electrons. The van der Waals surface area contributed by atoms with E-state index in [1.54, 1.807) is 56.3 Å². The molecule has 8 heteroatoms. The lowest BCUT2D eigenvalue weighted by Crippen LogP contribution is -2.42. The molecule has 6 nitrogen and oxygen atoms in total. The van der Waals surface area contributed by atoms with E-state index in [4.69, 9.17) is 32.7 Å². The Hall–Kier alpha value is -3.27. The van der Waals surface area contributed by atoms with Gasteiger partial charge in [-0.3, -0.25) is 14.5 Å². The lowest BCUT2D eigenvalue weighted by atomic mass is 9.93. The first-order valence-corrected chi connectivity index (χ1v) is 10.5. The van der Waals surface area contributed by atoms with Gasteiger partial charge in [0.05, 0.1) is 7.11 Å². The van der Waals surface area contributed by atoms with Crippen LogP contribution >= 0.6 is 23.2 Å². The van der Waals surface area contributed by atoms with Crippen molar-refractivity contribution < 1.29 is 19.1 Å². The molecule has 2 aromatic carbocycles. The third-order valence-electron chi connectivity index (χ3n) is 5.04. The number of rotatable bonds is 6. The van der Waals surface area contributed by atoms with E-state index < -0.39 is 11.8 Å². The van der Waals surface area contributed by atoms with Gasteiger partial charge in [0.15, 0.2) is 11.5 Å². The molecule has 32 heavy (non-hydrogen) atoms. The predicted molar refractivity (Wildman–Crippen MR) is 122 cm³/mol. The molecule has 2 amide bonds. The van der Waals surface area contributed by atoms with Gasteiger partial charge in [-0.1, -0.05) is 35.3 Å². The monoisotopic (exact) mass is 470 g/mol. The van der Waals surface area contributed by atoms with Crippen LogP contribution in [0.4, 0.5) is 0 Å². The smallest absolute Gasteiger partial charge is 0.271 e. The van der Waals surface area contributed by atoms with Crippen LogP contribution < -0.4 is 9.47 Å². The Morgan fingerprint density at radius 1 is 1.09 bits per heavy atom. The van der Waals surface area contributed by atoms with E-state index in [9.17, 15) is 14.9 Å². The summed E-state index contributed by atoms with van der Waals surface area (Å²) in [6.45, 7) is 3.67. The Bertz CT molecular complexity index is 1190. The zero-order valence-corrected chi connectivity index (χ0v) is 19.3. The molecular formula is C24H20Cl2N2O4. The summed E-state index contributed by atoms with van der Waals surface area (Å²) in [7, 11) is 1.51. The lowest BCUT2D eigenvalue weighted by Gasteiger charge is -2.26. The third-order valence-corrected chi connectivity index (χ3v) is 5.63. The third kappa shape index (κ3) is 4.64. The van der Waals surface area contributed by atoms with Gasteiger partial charge in [0, 0.05) is 27.7 Å². The second kappa shape index (κ2) is 9.90. The maximum absolute atomic E-state index is 12.8. The summed E-state index contributed by atoms with van der Waals surface area (Å²) in [4.78, 5) is 26.2. The second-order valence-corrected chi connectivity index (χ2v) is 7.80. The Balaban J connectivity index is 1.92. The molecule has 0 aliphatic carbocycles. The number of methoxy groups -OCH3 is 1. The van der Waals surface area contributed by atoms with Gasteiger partial charge in [-0.2, -0.15) is 5.26 Å². The molecule has 164 valence electrons. The summed E-state index contributed by atoms with van der Waals surface area (Å²) < 4.78 is 11.3. The summed E-state index contributed by atoms with van der Waals surface area (Å²) >= 11 is 12.1. The number of nitriles is 1. The predicted octanol–water partition coefficient (Wildman–Crippen LogP) is 5.19. The molecule has 0 unspecified atom stereocenters. The molecule has 2 aromatic rings. The first-order chi connectivity index (χ1) is 15.3. The minimum Gasteiger partial charge on any atom is -0.493 e. The number of halogens is 2. The van der Waals surface area contributed by atoms with E-state index in [1.807, 2.05) is 6.07 Å². The Morgan fingerprint density at radius 2 is 1.84 bits per heavy atom. The number of likely N-dealkylation sites (N-methyl/N-ethyl adjacent to an activating group) is 1. The molecule has 0 saturated carbocycles. The topological polar surface area (TPSA) is 79.6 Å². The summed E-state index contributed by atoms with van der Waals surface area (Å²) in [6.07, 6.45) is 1.63. The summed E-state index contributed by atoms with van der Waals surface area (Å²) in [5, 5.41) is 10.4. The molecule has 3 rings (SSSR count). The van der Waals surface area contributed by atoms with Crippen molar-refractivity contribution in [3.05, 3.63) is 74.3 Å². The van der Waals surface area contributed by atoms with Crippen LogP contribution in [0.1, 0.15) is 25.0 Å². The van der Waals surface area contributed by atoms with Crippen molar-refractivity contribution in [3.8, 4) is 17.6 Å². The van der Waals surface area contributed by atoms with E-state index in [-0.39, 0.29) is 24.3 Å². The van der Waals surface area contributed by atoms with E-state index in [1.165, 1.54) is 7.11 Å². The molecule has 0 saturated heterocycles. The average Bonchev–Trinajstić information content (AvgIpc) is 2.77. The summed E-state index contributed by atoms with van der Waals surface area (Å²) in [5.74, 6) is -0.0632. The first kappa shape index (κ1) is 23.4. The van der Waals surface area contributed by atoms with E-state index in [2.05, 4.69) is 0 Å².